The van der Waals surface area contributed by atoms with Crippen LogP contribution >= 0.6 is 0 Å². The Morgan fingerprint density at radius 3 is 1.64 bits per heavy atom. The number of hydrogen-bond donors (Lipinski definition) is 0. The minimum Gasteiger partial charge on any atom is -0.453 e. The third kappa shape index (κ3) is 5.90. The van der Waals surface area contributed by atoms with Gasteiger partial charge < -0.3 is 33.2 Å². The van der Waals surface area contributed by atoms with Crippen molar-refractivity contribution in [2.75, 3.05) is 27.4 Å². The van der Waals surface area contributed by atoms with Crippen LogP contribution in [0, 0.1) is 0 Å². The number of hydrogen-bond acceptors (Lipinski definition) is 9. The SMILES string of the molecule is CO[C@](C(=O)O[C@@H]1CO[C@H]2COC(C)(C)O[C@@H]2[C@@H]1OC(=O)[C@](OC)(c1ccccc1)C(F)(F)F)(c1ccccc1)C(F)(F)F. The Labute approximate surface area is 248 Å². The van der Waals surface area contributed by atoms with E-state index in [9.17, 15) is 35.9 Å². The van der Waals surface area contributed by atoms with Gasteiger partial charge in [0, 0.05) is 25.3 Å². The summed E-state index contributed by atoms with van der Waals surface area (Å²) in [6, 6.07) is 11.8. The van der Waals surface area contributed by atoms with Gasteiger partial charge in [-0.3, -0.25) is 0 Å². The van der Waals surface area contributed by atoms with Gasteiger partial charge in [0.2, 0.25) is 0 Å². The Hall–Kier alpha value is -3.24. The van der Waals surface area contributed by atoms with Crippen molar-refractivity contribution in [2.45, 2.75) is 67.6 Å². The minimum absolute atomic E-state index is 0.186. The van der Waals surface area contributed by atoms with E-state index in [2.05, 4.69) is 0 Å². The van der Waals surface area contributed by atoms with Gasteiger partial charge in [-0.25, -0.2) is 9.59 Å². The molecular formula is C29H30F6O9. The highest BCUT2D eigenvalue weighted by molar-refractivity contribution is 5.84. The minimum atomic E-state index is -5.37. The lowest BCUT2D eigenvalue weighted by Crippen LogP contribution is -2.65. The largest absolute Gasteiger partial charge is 0.453 e. The van der Waals surface area contributed by atoms with Crippen LogP contribution in [0.5, 0.6) is 0 Å². The smallest absolute Gasteiger partial charge is 0.432 e. The first-order chi connectivity index (χ1) is 20.5. The molecule has 2 heterocycles. The predicted molar refractivity (Wildman–Crippen MR) is 137 cm³/mol. The van der Waals surface area contributed by atoms with Gasteiger partial charge >= 0.3 is 24.3 Å². The molecule has 2 fully saturated rings. The van der Waals surface area contributed by atoms with E-state index in [1.807, 2.05) is 0 Å². The van der Waals surface area contributed by atoms with Crippen molar-refractivity contribution in [1.29, 1.82) is 0 Å². The quantitative estimate of drug-likeness (QED) is 0.305. The molecule has 2 aromatic carbocycles. The number of carbonyl (C=O) groups excluding carboxylic acids is 2. The van der Waals surface area contributed by atoms with E-state index in [1.54, 1.807) is 0 Å². The summed E-state index contributed by atoms with van der Waals surface area (Å²) in [7, 11) is 1.29. The summed E-state index contributed by atoms with van der Waals surface area (Å²) in [5.74, 6) is -5.35. The number of halogens is 6. The van der Waals surface area contributed by atoms with Crippen molar-refractivity contribution >= 4 is 11.9 Å². The van der Waals surface area contributed by atoms with Crippen molar-refractivity contribution < 1.29 is 69.1 Å². The molecule has 0 aliphatic carbocycles. The number of ether oxygens (including phenoxy) is 7. The van der Waals surface area contributed by atoms with Crippen LogP contribution in [0.4, 0.5) is 26.3 Å². The van der Waals surface area contributed by atoms with Crippen LogP contribution in [-0.4, -0.2) is 81.9 Å². The lowest BCUT2D eigenvalue weighted by Gasteiger charge is -2.48. The van der Waals surface area contributed by atoms with Crippen molar-refractivity contribution in [3.8, 4) is 0 Å². The molecule has 0 amide bonds. The van der Waals surface area contributed by atoms with Gasteiger partial charge in [-0.05, 0) is 13.8 Å². The van der Waals surface area contributed by atoms with Crippen molar-refractivity contribution in [3.05, 3.63) is 71.8 Å². The first-order valence-electron chi connectivity index (χ1n) is 13.2. The molecule has 2 aromatic rings. The molecule has 242 valence electrons. The Kier molecular flexibility index (Phi) is 9.39. The van der Waals surface area contributed by atoms with E-state index in [4.69, 9.17) is 33.2 Å². The van der Waals surface area contributed by atoms with Crippen LogP contribution in [0.15, 0.2) is 60.7 Å². The van der Waals surface area contributed by atoms with Crippen molar-refractivity contribution in [1.82, 2.24) is 0 Å². The summed E-state index contributed by atoms with van der Waals surface area (Å²) in [6.45, 7) is 2.02. The molecule has 0 radical (unpaired) electrons. The Morgan fingerprint density at radius 2 is 1.20 bits per heavy atom. The van der Waals surface area contributed by atoms with E-state index < -0.39 is 83.4 Å². The highest BCUT2D eigenvalue weighted by Crippen LogP contribution is 2.46. The molecule has 0 unspecified atom stereocenters. The molecular weight excluding hydrogens is 606 g/mol. The summed E-state index contributed by atoms with van der Waals surface area (Å²) < 4.78 is 125. The first-order valence-corrected chi connectivity index (χ1v) is 13.2. The average molecular weight is 637 g/mol. The highest BCUT2D eigenvalue weighted by Gasteiger charge is 2.67. The fourth-order valence-corrected chi connectivity index (χ4v) is 5.21. The number of carbonyl (C=O) groups is 2. The molecule has 4 rings (SSSR count). The van der Waals surface area contributed by atoms with E-state index in [0.717, 1.165) is 24.3 Å². The zero-order chi connectivity index (χ0) is 32.6. The fraction of sp³-hybridized carbons (Fsp3) is 0.517. The summed E-state index contributed by atoms with van der Waals surface area (Å²) >= 11 is 0. The molecule has 0 saturated carbocycles. The first kappa shape index (κ1) is 33.6. The van der Waals surface area contributed by atoms with Crippen LogP contribution in [0.2, 0.25) is 0 Å². The summed E-state index contributed by atoms with van der Waals surface area (Å²) in [4.78, 5) is 27.0. The Morgan fingerprint density at radius 1 is 0.750 bits per heavy atom. The standard InChI is InChI=1S/C29H30F6O9/c1-25(2)41-16-19-22(44-25)21(43-24(37)27(39-4,29(33,34)35)18-13-9-6-10-14-18)20(15-40-19)42-23(36)26(38-3,28(30,31)32)17-11-7-5-8-12-17/h5-14,19-22H,15-16H2,1-4H3/t19-,20+,21+,22-,26-,27+/m0/s1. The van der Waals surface area contributed by atoms with Gasteiger partial charge in [0.1, 0.15) is 12.2 Å². The monoisotopic (exact) mass is 636 g/mol. The topological polar surface area (TPSA) is 98.8 Å². The van der Waals surface area contributed by atoms with Gasteiger partial charge in [0.05, 0.1) is 13.2 Å². The molecule has 0 aromatic heterocycles. The number of benzene rings is 2. The predicted octanol–water partition coefficient (Wildman–Crippen LogP) is 4.57. The molecule has 2 aliphatic heterocycles. The van der Waals surface area contributed by atoms with Gasteiger partial charge in [0.25, 0.3) is 11.2 Å². The number of rotatable bonds is 8. The zero-order valence-corrected chi connectivity index (χ0v) is 23.9. The van der Waals surface area contributed by atoms with Crippen LogP contribution < -0.4 is 0 Å². The Balaban J connectivity index is 1.77. The number of methoxy groups -OCH3 is 2. The van der Waals surface area contributed by atoms with Gasteiger partial charge in [-0.15, -0.1) is 0 Å². The second kappa shape index (κ2) is 12.3. The van der Waals surface area contributed by atoms with E-state index >= 15 is 0 Å². The number of fused-ring (bicyclic) bond motifs is 1. The van der Waals surface area contributed by atoms with Crippen LogP contribution in [0.3, 0.4) is 0 Å². The molecule has 0 bridgehead atoms. The molecule has 9 nitrogen and oxygen atoms in total. The third-order valence-corrected chi connectivity index (χ3v) is 7.39. The van der Waals surface area contributed by atoms with Crippen LogP contribution in [-0.2, 0) is 53.9 Å². The molecule has 2 saturated heterocycles. The van der Waals surface area contributed by atoms with Gasteiger partial charge in [-0.1, -0.05) is 60.7 Å². The third-order valence-electron chi connectivity index (χ3n) is 7.39. The number of alkyl halides is 6. The van der Waals surface area contributed by atoms with Crippen LogP contribution in [0.1, 0.15) is 25.0 Å². The molecule has 6 atom stereocenters. The van der Waals surface area contributed by atoms with Gasteiger partial charge in [-0.2, -0.15) is 26.3 Å². The van der Waals surface area contributed by atoms with Gasteiger partial charge in [0.15, 0.2) is 18.0 Å². The molecule has 0 N–H and O–H groups in total. The summed E-state index contributed by atoms with van der Waals surface area (Å²) in [6.07, 6.45) is -17.0. The summed E-state index contributed by atoms with van der Waals surface area (Å²) in [5, 5.41) is 0. The number of esters is 2. The maximum Gasteiger partial charge on any atom is 0.432 e. The maximum absolute atomic E-state index is 14.6. The maximum atomic E-state index is 14.6. The average Bonchev–Trinajstić information content (AvgIpc) is 2.95. The lowest BCUT2D eigenvalue weighted by atomic mass is 9.91. The second-order valence-electron chi connectivity index (χ2n) is 10.5. The Bertz CT molecular complexity index is 1300. The molecule has 0 spiro atoms. The van der Waals surface area contributed by atoms with Crippen LogP contribution in [0.25, 0.3) is 0 Å². The normalized spacial score (nSPS) is 26.4. The fourth-order valence-electron chi connectivity index (χ4n) is 5.21. The van der Waals surface area contributed by atoms with Crippen molar-refractivity contribution in [2.24, 2.45) is 0 Å². The molecule has 2 aliphatic rings. The van der Waals surface area contributed by atoms with E-state index in [0.29, 0.717) is 14.2 Å². The molecule has 44 heavy (non-hydrogen) atoms. The zero-order valence-electron chi connectivity index (χ0n) is 23.9. The lowest BCUT2D eigenvalue weighted by molar-refractivity contribution is -0.353. The van der Waals surface area contributed by atoms with Crippen molar-refractivity contribution in [3.63, 3.8) is 0 Å². The van der Waals surface area contributed by atoms with E-state index in [1.165, 1.54) is 50.2 Å². The molecule has 15 heteroatoms. The second-order valence-corrected chi connectivity index (χ2v) is 10.5. The van der Waals surface area contributed by atoms with E-state index in [-0.39, 0.29) is 6.61 Å². The summed E-state index contributed by atoms with van der Waals surface area (Å²) in [5.41, 5.74) is -8.58. The highest BCUT2D eigenvalue weighted by atomic mass is 19.4.